The zero-order chi connectivity index (χ0) is 23.5. The van der Waals surface area contributed by atoms with Gasteiger partial charge in [0.25, 0.3) is 0 Å². The molecule has 1 N–H and O–H groups in total. The van der Waals surface area contributed by atoms with Gasteiger partial charge < -0.3 is 19.7 Å². The van der Waals surface area contributed by atoms with Gasteiger partial charge >= 0.3 is 12.1 Å². The Labute approximate surface area is 186 Å². The molecule has 0 saturated carbocycles. The van der Waals surface area contributed by atoms with E-state index in [1.54, 1.807) is 22.8 Å². The quantitative estimate of drug-likeness (QED) is 0.545. The Kier molecular flexibility index (Phi) is 6.75. The van der Waals surface area contributed by atoms with E-state index in [0.717, 1.165) is 12.8 Å². The maximum Gasteiger partial charge on any atom is 0.410 e. The summed E-state index contributed by atoms with van der Waals surface area (Å²) in [5.41, 5.74) is 0.0832. The molecular formula is C21H28N6O5. The number of hydrogen-bond acceptors (Lipinski definition) is 9. The predicted molar refractivity (Wildman–Crippen MR) is 115 cm³/mol. The lowest BCUT2D eigenvalue weighted by Crippen LogP contribution is -2.47. The minimum atomic E-state index is -0.716. The number of carbonyl (C=O) groups is 3. The molecule has 32 heavy (non-hydrogen) atoms. The fourth-order valence-corrected chi connectivity index (χ4v) is 3.45. The largest absolute Gasteiger partial charge is 0.465 e. The van der Waals surface area contributed by atoms with Crippen molar-refractivity contribution in [2.24, 2.45) is 7.05 Å². The van der Waals surface area contributed by atoms with E-state index in [0.29, 0.717) is 24.9 Å². The van der Waals surface area contributed by atoms with Crippen molar-refractivity contribution in [1.29, 1.82) is 0 Å². The van der Waals surface area contributed by atoms with Gasteiger partial charge in [0, 0.05) is 37.9 Å². The second-order valence-corrected chi connectivity index (χ2v) is 8.58. The molecule has 2 aromatic rings. The molecule has 3 heterocycles. The first kappa shape index (κ1) is 23.2. The molecule has 0 radical (unpaired) electrons. The van der Waals surface area contributed by atoms with Gasteiger partial charge in [-0.3, -0.25) is 9.48 Å². The van der Waals surface area contributed by atoms with Gasteiger partial charge in [0.15, 0.2) is 6.29 Å². The molecule has 11 heteroatoms. The lowest BCUT2D eigenvalue weighted by atomic mass is 10.1. The number of carbonyl (C=O) groups excluding carboxylic acids is 3. The number of nitrogens with zero attached hydrogens (tertiary/aromatic N) is 5. The smallest absolute Gasteiger partial charge is 0.410 e. The molecule has 1 fully saturated rings. The number of methoxy groups -OCH3 is 1. The fraction of sp³-hybridized carbons (Fsp3) is 0.524. The number of aryl methyl sites for hydroxylation is 1. The number of anilines is 1. The van der Waals surface area contributed by atoms with Gasteiger partial charge in [-0.05, 0) is 33.6 Å². The Morgan fingerprint density at radius 3 is 2.62 bits per heavy atom. The first-order chi connectivity index (χ1) is 15.1. The van der Waals surface area contributed by atoms with Crippen LogP contribution in [-0.4, -0.2) is 74.8 Å². The second-order valence-electron chi connectivity index (χ2n) is 8.58. The number of nitrogens with one attached hydrogen (secondary N) is 1. The number of amides is 1. The summed E-state index contributed by atoms with van der Waals surface area (Å²) in [6.07, 6.45) is 4.88. The van der Waals surface area contributed by atoms with Crippen LogP contribution in [-0.2, 0) is 16.5 Å². The average Bonchev–Trinajstić information content (AvgIpc) is 3.17. The van der Waals surface area contributed by atoms with E-state index in [-0.39, 0.29) is 35.0 Å². The van der Waals surface area contributed by atoms with E-state index in [9.17, 15) is 14.4 Å². The molecule has 172 valence electrons. The molecule has 1 atom stereocenters. The highest BCUT2D eigenvalue weighted by Crippen LogP contribution is 2.26. The van der Waals surface area contributed by atoms with Crippen LogP contribution < -0.4 is 5.32 Å². The van der Waals surface area contributed by atoms with Gasteiger partial charge in [0.2, 0.25) is 5.95 Å². The van der Waals surface area contributed by atoms with E-state index < -0.39 is 11.6 Å². The minimum Gasteiger partial charge on any atom is -0.465 e. The number of aromatic nitrogens is 4. The Bertz CT molecular complexity index is 1010. The lowest BCUT2D eigenvalue weighted by Gasteiger charge is -2.34. The highest BCUT2D eigenvalue weighted by molar-refractivity contribution is 6.02. The van der Waals surface area contributed by atoms with Crippen molar-refractivity contribution in [2.45, 2.75) is 45.3 Å². The average molecular weight is 444 g/mol. The molecule has 0 spiro atoms. The van der Waals surface area contributed by atoms with E-state index in [1.165, 1.54) is 13.3 Å². The lowest BCUT2D eigenvalue weighted by molar-refractivity contribution is 0.0206. The Balaban J connectivity index is 1.89. The zero-order valence-electron chi connectivity index (χ0n) is 18.9. The van der Waals surface area contributed by atoms with Crippen molar-refractivity contribution in [1.82, 2.24) is 24.6 Å². The van der Waals surface area contributed by atoms with Gasteiger partial charge in [-0.1, -0.05) is 0 Å². The van der Waals surface area contributed by atoms with E-state index >= 15 is 0 Å². The number of piperidine rings is 1. The van der Waals surface area contributed by atoms with Crippen molar-refractivity contribution in [3.05, 3.63) is 23.7 Å². The summed E-state index contributed by atoms with van der Waals surface area (Å²) in [6.45, 7) is 6.46. The Hall–Kier alpha value is -3.50. The summed E-state index contributed by atoms with van der Waals surface area (Å²) < 4.78 is 11.9. The van der Waals surface area contributed by atoms with E-state index in [1.807, 2.05) is 20.8 Å². The van der Waals surface area contributed by atoms with Crippen molar-refractivity contribution in [3.63, 3.8) is 0 Å². The summed E-state index contributed by atoms with van der Waals surface area (Å²) >= 11 is 0. The van der Waals surface area contributed by atoms with E-state index in [4.69, 9.17) is 9.47 Å². The summed E-state index contributed by atoms with van der Waals surface area (Å²) in [4.78, 5) is 46.9. The van der Waals surface area contributed by atoms with Crippen LogP contribution in [0.25, 0.3) is 11.3 Å². The van der Waals surface area contributed by atoms with Crippen molar-refractivity contribution in [2.75, 3.05) is 25.5 Å². The molecule has 1 aliphatic rings. The maximum absolute atomic E-state index is 12.4. The molecule has 1 aliphatic heterocycles. The summed E-state index contributed by atoms with van der Waals surface area (Å²) in [5.74, 6) is -0.541. The third kappa shape index (κ3) is 5.40. The molecular weight excluding hydrogens is 416 g/mol. The molecule has 11 nitrogen and oxygen atoms in total. The number of hydrogen-bond donors (Lipinski definition) is 1. The number of aldehydes is 1. The van der Waals surface area contributed by atoms with Crippen molar-refractivity contribution in [3.8, 4) is 11.3 Å². The maximum atomic E-state index is 12.4. The normalized spacial score (nSPS) is 16.4. The molecule has 1 unspecified atom stereocenters. The van der Waals surface area contributed by atoms with Crippen LogP contribution >= 0.6 is 0 Å². The summed E-state index contributed by atoms with van der Waals surface area (Å²) in [5, 5.41) is 7.31. The Morgan fingerprint density at radius 1 is 1.28 bits per heavy atom. The number of rotatable bonds is 5. The van der Waals surface area contributed by atoms with Crippen LogP contribution in [0.5, 0.6) is 0 Å². The van der Waals surface area contributed by atoms with Crippen LogP contribution in [0, 0.1) is 0 Å². The topological polar surface area (TPSA) is 129 Å². The fourth-order valence-electron chi connectivity index (χ4n) is 3.45. The molecule has 1 saturated heterocycles. The predicted octanol–water partition coefficient (Wildman–Crippen LogP) is 2.29. The summed E-state index contributed by atoms with van der Waals surface area (Å²) in [7, 11) is 2.96. The summed E-state index contributed by atoms with van der Waals surface area (Å²) in [6, 6.07) is -0.151. The van der Waals surface area contributed by atoms with Crippen molar-refractivity contribution >= 4 is 24.3 Å². The van der Waals surface area contributed by atoms with Crippen LogP contribution in [0.15, 0.2) is 12.4 Å². The zero-order valence-corrected chi connectivity index (χ0v) is 18.9. The van der Waals surface area contributed by atoms with Gasteiger partial charge in [-0.15, -0.1) is 0 Å². The highest BCUT2D eigenvalue weighted by atomic mass is 16.6. The monoisotopic (exact) mass is 444 g/mol. The van der Waals surface area contributed by atoms with Gasteiger partial charge in [0.1, 0.15) is 16.9 Å². The molecule has 0 bridgehead atoms. The van der Waals surface area contributed by atoms with E-state index in [2.05, 4.69) is 20.4 Å². The number of ether oxygens (including phenoxy) is 2. The molecule has 2 aromatic heterocycles. The third-order valence-electron chi connectivity index (χ3n) is 4.82. The number of esters is 1. The first-order valence-electron chi connectivity index (χ1n) is 10.3. The minimum absolute atomic E-state index is 0.0277. The standard InChI is InChI=1S/C21H28N6O5/c1-21(2,3)32-20(30)27-8-6-7-14(11-27)23-19-24-15(12-28)16(18(29)31-5)17(25-19)13-9-22-26(4)10-13/h9-10,12,14H,6-8,11H2,1-5H3,(H,23,24,25). The molecule has 0 aliphatic carbocycles. The van der Waals surface area contributed by atoms with Crippen LogP contribution in [0.2, 0.25) is 0 Å². The van der Waals surface area contributed by atoms with Crippen LogP contribution in [0.4, 0.5) is 10.7 Å². The Morgan fingerprint density at radius 2 is 2.03 bits per heavy atom. The van der Waals surface area contributed by atoms with Crippen LogP contribution in [0.1, 0.15) is 54.5 Å². The second kappa shape index (κ2) is 9.33. The van der Waals surface area contributed by atoms with Crippen LogP contribution in [0.3, 0.4) is 0 Å². The highest BCUT2D eigenvalue weighted by Gasteiger charge is 2.29. The van der Waals surface area contributed by atoms with Gasteiger partial charge in [0.05, 0.1) is 19.0 Å². The SMILES string of the molecule is COC(=O)c1c(C=O)nc(NC2CCCN(C(=O)OC(C)(C)C)C2)nc1-c1cnn(C)c1. The third-order valence-corrected chi connectivity index (χ3v) is 4.82. The first-order valence-corrected chi connectivity index (χ1v) is 10.3. The number of likely N-dealkylation sites (tertiary alicyclic amines) is 1. The van der Waals surface area contributed by atoms with Gasteiger partial charge in [-0.2, -0.15) is 5.10 Å². The molecule has 0 aromatic carbocycles. The molecule has 1 amide bonds. The van der Waals surface area contributed by atoms with Crippen molar-refractivity contribution < 1.29 is 23.9 Å². The molecule has 3 rings (SSSR count). The van der Waals surface area contributed by atoms with Gasteiger partial charge in [-0.25, -0.2) is 19.6 Å².